The summed E-state index contributed by atoms with van der Waals surface area (Å²) in [6.45, 7) is 4.33. The summed E-state index contributed by atoms with van der Waals surface area (Å²) in [5.41, 5.74) is 2.76. The predicted molar refractivity (Wildman–Crippen MR) is 70.8 cm³/mol. The zero-order valence-electron chi connectivity index (χ0n) is 9.73. The molecule has 2 aliphatic rings. The van der Waals surface area contributed by atoms with Crippen LogP contribution in [0.25, 0.3) is 0 Å². The Morgan fingerprint density at radius 3 is 2.62 bits per heavy atom. The quantitative estimate of drug-likeness (QED) is 0.724. The second-order valence-electron chi connectivity index (χ2n) is 4.92. The molecule has 0 spiro atoms. The molecule has 0 amide bonds. The average molecular weight is 228 g/mol. The van der Waals surface area contributed by atoms with Crippen LogP contribution in [0.2, 0.25) is 0 Å². The zero-order valence-corrected chi connectivity index (χ0v) is 10.6. The Bertz CT molecular complexity index is 467. The second kappa shape index (κ2) is 3.53. The molecular weight excluding hydrogens is 212 g/mol. The first-order chi connectivity index (χ1) is 7.68. The topological polar surface area (TPSA) is 0 Å². The van der Waals surface area contributed by atoms with Crippen molar-refractivity contribution < 1.29 is 0 Å². The molecule has 16 heavy (non-hydrogen) atoms. The van der Waals surface area contributed by atoms with Gasteiger partial charge in [-0.05, 0) is 38.3 Å². The third kappa shape index (κ3) is 1.73. The van der Waals surface area contributed by atoms with Gasteiger partial charge < -0.3 is 0 Å². The minimum atomic E-state index is 0.384. The molecule has 0 N–H and O–H groups in total. The number of thioether (sulfide) groups is 1. The fraction of sp³-hybridized carbons (Fsp3) is 0.333. The Kier molecular flexibility index (Phi) is 2.25. The monoisotopic (exact) mass is 228 g/mol. The number of rotatable bonds is 2. The lowest BCUT2D eigenvalue weighted by Gasteiger charge is -2.15. The van der Waals surface area contributed by atoms with E-state index in [4.69, 9.17) is 0 Å². The van der Waals surface area contributed by atoms with Crippen molar-refractivity contribution in [3.05, 3.63) is 53.6 Å². The van der Waals surface area contributed by atoms with Crippen molar-refractivity contribution >= 4 is 11.8 Å². The Labute approximate surface area is 101 Å². The standard InChI is InChI=1S/C15H16S/c1-11-3-5-14(6-4-11)16-15-8-7-12(2)9-13(15)10-15/h3-9,13H,10H2,1-2H3. The fourth-order valence-electron chi connectivity index (χ4n) is 2.30. The highest BCUT2D eigenvalue weighted by atomic mass is 32.2. The van der Waals surface area contributed by atoms with Gasteiger partial charge in [-0.2, -0.15) is 0 Å². The van der Waals surface area contributed by atoms with Crippen molar-refractivity contribution in [2.75, 3.05) is 0 Å². The van der Waals surface area contributed by atoms with E-state index in [9.17, 15) is 0 Å². The lowest BCUT2D eigenvalue weighted by molar-refractivity contribution is 1.00. The largest absolute Gasteiger partial charge is 0.114 e. The minimum absolute atomic E-state index is 0.384. The average Bonchev–Trinajstić information content (AvgIpc) is 2.95. The van der Waals surface area contributed by atoms with E-state index in [-0.39, 0.29) is 0 Å². The zero-order chi connectivity index (χ0) is 11.2. The molecule has 1 heteroatoms. The number of allylic oxidation sites excluding steroid dienone is 3. The van der Waals surface area contributed by atoms with Gasteiger partial charge in [-0.15, -0.1) is 11.8 Å². The molecule has 1 aromatic carbocycles. The van der Waals surface area contributed by atoms with Crippen LogP contribution in [0.3, 0.4) is 0 Å². The van der Waals surface area contributed by atoms with Gasteiger partial charge in [0.25, 0.3) is 0 Å². The van der Waals surface area contributed by atoms with Gasteiger partial charge in [-0.25, -0.2) is 0 Å². The van der Waals surface area contributed by atoms with Gasteiger partial charge >= 0.3 is 0 Å². The van der Waals surface area contributed by atoms with Crippen LogP contribution in [0.15, 0.2) is 53.0 Å². The molecule has 2 atom stereocenters. The molecule has 1 fully saturated rings. The van der Waals surface area contributed by atoms with E-state index in [1.807, 2.05) is 11.8 Å². The SMILES string of the molecule is CC1=CC2CC2(Sc2ccc(C)cc2)C=C1. The summed E-state index contributed by atoms with van der Waals surface area (Å²) in [5, 5.41) is 0. The van der Waals surface area contributed by atoms with Crippen molar-refractivity contribution in [2.45, 2.75) is 29.9 Å². The lowest BCUT2D eigenvalue weighted by atomic mass is 10.1. The molecular formula is C15H16S. The van der Waals surface area contributed by atoms with E-state index in [0.717, 1.165) is 5.92 Å². The molecule has 0 aliphatic heterocycles. The van der Waals surface area contributed by atoms with E-state index in [2.05, 4.69) is 56.3 Å². The van der Waals surface area contributed by atoms with Gasteiger partial charge in [0.1, 0.15) is 0 Å². The maximum atomic E-state index is 2.42. The number of benzene rings is 1. The molecule has 2 aliphatic carbocycles. The van der Waals surface area contributed by atoms with Gasteiger partial charge in [0.05, 0.1) is 0 Å². The lowest BCUT2D eigenvalue weighted by Crippen LogP contribution is -2.04. The van der Waals surface area contributed by atoms with E-state index < -0.39 is 0 Å². The minimum Gasteiger partial charge on any atom is -0.114 e. The first kappa shape index (κ1) is 10.2. The molecule has 0 aromatic heterocycles. The van der Waals surface area contributed by atoms with Gasteiger partial charge in [0, 0.05) is 9.64 Å². The van der Waals surface area contributed by atoms with Gasteiger partial charge in [-0.1, -0.05) is 41.5 Å². The van der Waals surface area contributed by atoms with E-state index >= 15 is 0 Å². The van der Waals surface area contributed by atoms with Crippen LogP contribution in [-0.2, 0) is 0 Å². The molecule has 1 aromatic rings. The van der Waals surface area contributed by atoms with Crippen molar-refractivity contribution in [2.24, 2.45) is 5.92 Å². The van der Waals surface area contributed by atoms with Gasteiger partial charge in [0.15, 0.2) is 0 Å². The second-order valence-corrected chi connectivity index (χ2v) is 6.36. The first-order valence-electron chi connectivity index (χ1n) is 5.81. The van der Waals surface area contributed by atoms with Crippen LogP contribution >= 0.6 is 11.8 Å². The van der Waals surface area contributed by atoms with Crippen LogP contribution in [0.1, 0.15) is 18.9 Å². The van der Waals surface area contributed by atoms with Crippen LogP contribution in [0.5, 0.6) is 0 Å². The molecule has 0 nitrogen and oxygen atoms in total. The Balaban J connectivity index is 1.78. The highest BCUT2D eigenvalue weighted by Crippen LogP contribution is 2.60. The van der Waals surface area contributed by atoms with Gasteiger partial charge in [-0.3, -0.25) is 0 Å². The summed E-state index contributed by atoms with van der Waals surface area (Å²) in [4.78, 5) is 1.39. The Morgan fingerprint density at radius 2 is 1.94 bits per heavy atom. The summed E-state index contributed by atoms with van der Waals surface area (Å²) in [6, 6.07) is 8.88. The predicted octanol–water partition coefficient (Wildman–Crippen LogP) is 4.36. The van der Waals surface area contributed by atoms with Crippen LogP contribution < -0.4 is 0 Å². The molecule has 0 heterocycles. The van der Waals surface area contributed by atoms with Gasteiger partial charge in [0.2, 0.25) is 0 Å². The molecule has 0 saturated heterocycles. The van der Waals surface area contributed by atoms with E-state index in [0.29, 0.717) is 4.75 Å². The fourth-order valence-corrected chi connectivity index (χ4v) is 3.63. The number of aryl methyl sites for hydroxylation is 1. The summed E-state index contributed by atoms with van der Waals surface area (Å²) < 4.78 is 0.384. The van der Waals surface area contributed by atoms with Crippen LogP contribution in [-0.4, -0.2) is 4.75 Å². The maximum Gasteiger partial charge on any atom is 0.0458 e. The highest BCUT2D eigenvalue weighted by Gasteiger charge is 2.52. The van der Waals surface area contributed by atoms with Crippen LogP contribution in [0, 0.1) is 12.8 Å². The molecule has 82 valence electrons. The Hall–Kier alpha value is -0.950. The smallest absolute Gasteiger partial charge is 0.0458 e. The maximum absolute atomic E-state index is 2.42. The van der Waals surface area contributed by atoms with Crippen molar-refractivity contribution in [3.63, 3.8) is 0 Å². The highest BCUT2D eigenvalue weighted by molar-refractivity contribution is 8.01. The number of hydrogen-bond acceptors (Lipinski definition) is 1. The number of hydrogen-bond donors (Lipinski definition) is 0. The summed E-state index contributed by atoms with van der Waals surface area (Å²) in [7, 11) is 0. The van der Waals surface area contributed by atoms with Crippen molar-refractivity contribution in [1.82, 2.24) is 0 Å². The first-order valence-corrected chi connectivity index (χ1v) is 6.63. The summed E-state index contributed by atoms with van der Waals surface area (Å²) in [6.07, 6.45) is 8.39. The van der Waals surface area contributed by atoms with Crippen molar-refractivity contribution in [3.8, 4) is 0 Å². The Morgan fingerprint density at radius 1 is 1.19 bits per heavy atom. The third-order valence-corrected chi connectivity index (χ3v) is 4.92. The molecule has 1 saturated carbocycles. The van der Waals surface area contributed by atoms with E-state index in [1.165, 1.54) is 22.5 Å². The normalized spacial score (nSPS) is 30.9. The third-order valence-electron chi connectivity index (χ3n) is 3.43. The number of fused-ring (bicyclic) bond motifs is 1. The van der Waals surface area contributed by atoms with Crippen molar-refractivity contribution in [1.29, 1.82) is 0 Å². The van der Waals surface area contributed by atoms with E-state index in [1.54, 1.807) is 0 Å². The molecule has 3 rings (SSSR count). The molecule has 0 radical (unpaired) electrons. The summed E-state index contributed by atoms with van der Waals surface area (Å²) >= 11 is 2.02. The molecule has 0 bridgehead atoms. The van der Waals surface area contributed by atoms with Crippen LogP contribution in [0.4, 0.5) is 0 Å². The molecule has 2 unspecified atom stereocenters. The summed E-state index contributed by atoms with van der Waals surface area (Å²) in [5.74, 6) is 0.767.